The highest BCUT2D eigenvalue weighted by Gasteiger charge is 2.19. The normalized spacial score (nSPS) is 14.7. The minimum Gasteiger partial charge on any atom is -0.292 e. The lowest BCUT2D eigenvalue weighted by atomic mass is 10.1. The fraction of sp³-hybridized carbons (Fsp3) is 0.235. The van der Waals surface area contributed by atoms with Gasteiger partial charge in [-0.15, -0.1) is 11.3 Å². The number of halogens is 1. The highest BCUT2D eigenvalue weighted by molar-refractivity contribution is 7.09. The van der Waals surface area contributed by atoms with Crippen LogP contribution in [0.5, 0.6) is 0 Å². The minimum absolute atomic E-state index is 0.726. The van der Waals surface area contributed by atoms with Crippen molar-refractivity contribution < 1.29 is 0 Å². The van der Waals surface area contributed by atoms with Gasteiger partial charge in [0.2, 0.25) is 0 Å². The van der Waals surface area contributed by atoms with Crippen molar-refractivity contribution in [3.05, 3.63) is 63.3 Å². The van der Waals surface area contributed by atoms with E-state index in [0.717, 1.165) is 53.2 Å². The zero-order valence-corrected chi connectivity index (χ0v) is 14.0. The van der Waals surface area contributed by atoms with Gasteiger partial charge in [0, 0.05) is 53.4 Å². The molecule has 23 heavy (non-hydrogen) atoms. The molecule has 0 N–H and O–H groups in total. The Bertz CT molecular complexity index is 802. The second kappa shape index (κ2) is 6.35. The molecular formula is C17H15ClN4S. The molecule has 0 saturated carbocycles. The molecule has 6 heteroatoms. The van der Waals surface area contributed by atoms with Crippen LogP contribution in [-0.2, 0) is 19.5 Å². The number of benzene rings is 1. The van der Waals surface area contributed by atoms with Crippen LogP contribution in [-0.4, -0.2) is 26.4 Å². The van der Waals surface area contributed by atoms with E-state index in [2.05, 4.69) is 14.9 Å². The molecule has 0 radical (unpaired) electrons. The van der Waals surface area contributed by atoms with Crippen molar-refractivity contribution in [1.29, 1.82) is 0 Å². The molecule has 0 saturated heterocycles. The molecule has 0 spiro atoms. The number of nitrogens with zero attached hydrogens (tertiary/aromatic N) is 4. The van der Waals surface area contributed by atoms with Crippen LogP contribution >= 0.6 is 22.9 Å². The molecule has 0 bridgehead atoms. The van der Waals surface area contributed by atoms with Gasteiger partial charge in [-0.2, -0.15) is 0 Å². The second-order valence-electron chi connectivity index (χ2n) is 5.56. The number of fused-ring (bicyclic) bond motifs is 1. The van der Waals surface area contributed by atoms with Gasteiger partial charge in [-0.05, 0) is 24.3 Å². The molecule has 0 unspecified atom stereocenters. The minimum atomic E-state index is 0.726. The maximum atomic E-state index is 5.94. The van der Waals surface area contributed by atoms with E-state index in [1.807, 2.05) is 42.0 Å². The summed E-state index contributed by atoms with van der Waals surface area (Å²) in [7, 11) is 0. The number of hydrogen-bond donors (Lipinski definition) is 0. The Kier molecular flexibility index (Phi) is 4.08. The first-order chi connectivity index (χ1) is 11.3. The van der Waals surface area contributed by atoms with Gasteiger partial charge in [-0.3, -0.25) is 4.90 Å². The van der Waals surface area contributed by atoms with Gasteiger partial charge in [-0.1, -0.05) is 11.6 Å². The Morgan fingerprint density at radius 2 is 2.04 bits per heavy atom. The number of hydrogen-bond acceptors (Lipinski definition) is 5. The largest absolute Gasteiger partial charge is 0.292 e. The molecular weight excluding hydrogens is 328 g/mol. The van der Waals surface area contributed by atoms with Crippen molar-refractivity contribution in [3.63, 3.8) is 0 Å². The van der Waals surface area contributed by atoms with Gasteiger partial charge in [0.25, 0.3) is 0 Å². The highest BCUT2D eigenvalue weighted by Crippen LogP contribution is 2.23. The fourth-order valence-electron chi connectivity index (χ4n) is 2.77. The van der Waals surface area contributed by atoms with Crippen molar-refractivity contribution in [2.45, 2.75) is 19.5 Å². The summed E-state index contributed by atoms with van der Waals surface area (Å²) in [6.45, 7) is 2.79. The predicted molar refractivity (Wildman–Crippen MR) is 92.4 cm³/mol. The van der Waals surface area contributed by atoms with E-state index in [1.54, 1.807) is 11.3 Å². The van der Waals surface area contributed by atoms with Crippen LogP contribution in [0.3, 0.4) is 0 Å². The summed E-state index contributed by atoms with van der Waals surface area (Å²) in [6, 6.07) is 7.66. The predicted octanol–water partition coefficient (Wildman–Crippen LogP) is 3.81. The molecule has 1 aromatic carbocycles. The number of rotatable bonds is 3. The van der Waals surface area contributed by atoms with E-state index >= 15 is 0 Å². The van der Waals surface area contributed by atoms with Gasteiger partial charge < -0.3 is 0 Å². The number of aromatic nitrogens is 3. The monoisotopic (exact) mass is 342 g/mol. The van der Waals surface area contributed by atoms with Gasteiger partial charge in [-0.25, -0.2) is 15.0 Å². The van der Waals surface area contributed by atoms with E-state index in [-0.39, 0.29) is 0 Å². The first-order valence-corrected chi connectivity index (χ1v) is 8.75. The zero-order valence-electron chi connectivity index (χ0n) is 12.4. The maximum absolute atomic E-state index is 5.94. The topological polar surface area (TPSA) is 41.9 Å². The maximum Gasteiger partial charge on any atom is 0.159 e. The molecule has 116 valence electrons. The smallest absolute Gasteiger partial charge is 0.159 e. The van der Waals surface area contributed by atoms with Gasteiger partial charge in [0.1, 0.15) is 5.01 Å². The van der Waals surface area contributed by atoms with Crippen LogP contribution in [0.4, 0.5) is 0 Å². The molecule has 3 heterocycles. The van der Waals surface area contributed by atoms with E-state index in [4.69, 9.17) is 16.6 Å². The fourth-order valence-corrected chi connectivity index (χ4v) is 3.55. The molecule has 3 aromatic rings. The third-order valence-electron chi connectivity index (χ3n) is 3.96. The summed E-state index contributed by atoms with van der Waals surface area (Å²) >= 11 is 7.64. The molecule has 4 rings (SSSR count). The lowest BCUT2D eigenvalue weighted by molar-refractivity contribution is 0.242. The molecule has 1 aliphatic heterocycles. The average molecular weight is 343 g/mol. The SMILES string of the molecule is Clc1ccc(-c2ncc3c(n2)CCN(Cc2nccs2)C3)cc1. The van der Waals surface area contributed by atoms with Crippen LogP contribution in [0.15, 0.2) is 42.0 Å². The molecule has 0 fully saturated rings. The third kappa shape index (κ3) is 3.27. The van der Waals surface area contributed by atoms with Crippen molar-refractivity contribution in [2.75, 3.05) is 6.54 Å². The van der Waals surface area contributed by atoms with E-state index in [0.29, 0.717) is 0 Å². The molecule has 0 amide bonds. The van der Waals surface area contributed by atoms with Gasteiger partial charge >= 0.3 is 0 Å². The van der Waals surface area contributed by atoms with Gasteiger partial charge in [0.15, 0.2) is 5.82 Å². The molecule has 1 aliphatic rings. The summed E-state index contributed by atoms with van der Waals surface area (Å²) in [5.41, 5.74) is 3.37. The summed E-state index contributed by atoms with van der Waals surface area (Å²) in [4.78, 5) is 16.0. The van der Waals surface area contributed by atoms with Crippen molar-refractivity contribution >= 4 is 22.9 Å². The standard InChI is InChI=1S/C17H15ClN4S/c18-14-3-1-12(2-4-14)17-20-9-13-10-22(7-5-15(13)21-17)11-16-19-6-8-23-16/h1-4,6,8-9H,5,7,10-11H2. The van der Waals surface area contributed by atoms with Crippen molar-refractivity contribution in [1.82, 2.24) is 19.9 Å². The molecule has 0 aliphatic carbocycles. The molecule has 2 aromatic heterocycles. The Hall–Kier alpha value is -1.82. The second-order valence-corrected chi connectivity index (χ2v) is 6.97. The lowest BCUT2D eigenvalue weighted by Crippen LogP contribution is -2.30. The van der Waals surface area contributed by atoms with Crippen LogP contribution in [0, 0.1) is 0 Å². The summed E-state index contributed by atoms with van der Waals surface area (Å²) in [5.74, 6) is 0.772. The third-order valence-corrected chi connectivity index (χ3v) is 4.97. The highest BCUT2D eigenvalue weighted by atomic mass is 35.5. The summed E-state index contributed by atoms with van der Waals surface area (Å²) in [6.07, 6.45) is 4.77. The van der Waals surface area contributed by atoms with Crippen LogP contribution in [0.25, 0.3) is 11.4 Å². The lowest BCUT2D eigenvalue weighted by Gasteiger charge is -2.27. The van der Waals surface area contributed by atoms with E-state index in [9.17, 15) is 0 Å². The quantitative estimate of drug-likeness (QED) is 0.725. The zero-order chi connectivity index (χ0) is 15.6. The van der Waals surface area contributed by atoms with Crippen molar-refractivity contribution in [2.24, 2.45) is 0 Å². The van der Waals surface area contributed by atoms with E-state index < -0.39 is 0 Å². The number of thiazole rings is 1. The van der Waals surface area contributed by atoms with Crippen LogP contribution in [0.2, 0.25) is 5.02 Å². The van der Waals surface area contributed by atoms with Crippen LogP contribution in [0.1, 0.15) is 16.3 Å². The van der Waals surface area contributed by atoms with Crippen molar-refractivity contribution in [3.8, 4) is 11.4 Å². The Labute approximate surface area is 143 Å². The summed E-state index contributed by atoms with van der Waals surface area (Å²) in [5, 5.41) is 3.91. The Morgan fingerprint density at radius 1 is 1.17 bits per heavy atom. The van der Waals surface area contributed by atoms with E-state index in [1.165, 1.54) is 5.56 Å². The van der Waals surface area contributed by atoms with Gasteiger partial charge in [0.05, 0.1) is 12.2 Å². The van der Waals surface area contributed by atoms with Crippen LogP contribution < -0.4 is 0 Å². The average Bonchev–Trinajstić information content (AvgIpc) is 3.08. The first kappa shape index (κ1) is 14.8. The Morgan fingerprint density at radius 3 is 2.83 bits per heavy atom. The molecule has 0 atom stereocenters. The molecule has 4 nitrogen and oxygen atoms in total. The Balaban J connectivity index is 1.53. The summed E-state index contributed by atoms with van der Waals surface area (Å²) < 4.78 is 0. The first-order valence-electron chi connectivity index (χ1n) is 7.49.